The average molecular weight is 250 g/mol. The molecule has 1 atom stereocenters. The number of hydrogen-bond donors (Lipinski definition) is 1. The Bertz CT molecular complexity index is 467. The number of aromatic amines is 1. The number of pyridine rings is 1. The highest BCUT2D eigenvalue weighted by molar-refractivity contribution is 5.92. The maximum atomic E-state index is 12.2. The summed E-state index contributed by atoms with van der Waals surface area (Å²) < 4.78 is 5.14. The molecule has 0 spiro atoms. The van der Waals surface area contributed by atoms with Crippen molar-refractivity contribution in [2.45, 2.75) is 12.8 Å². The molecule has 1 fully saturated rings. The Morgan fingerprint density at radius 3 is 3.11 bits per heavy atom. The van der Waals surface area contributed by atoms with E-state index in [1.165, 1.54) is 6.07 Å². The zero-order valence-electron chi connectivity index (χ0n) is 10.5. The Kier molecular flexibility index (Phi) is 4.15. The van der Waals surface area contributed by atoms with E-state index in [2.05, 4.69) is 4.98 Å². The molecule has 18 heavy (non-hydrogen) atoms. The highest BCUT2D eigenvalue weighted by Gasteiger charge is 2.24. The predicted molar refractivity (Wildman–Crippen MR) is 67.6 cm³/mol. The number of carbonyl (C=O) groups is 1. The maximum Gasteiger partial charge on any atom is 0.270 e. The molecular weight excluding hydrogens is 232 g/mol. The number of aromatic nitrogens is 1. The first-order valence-electron chi connectivity index (χ1n) is 6.18. The number of carbonyl (C=O) groups excluding carboxylic acids is 1. The first kappa shape index (κ1) is 12.8. The standard InChI is InChI=1S/C13H18N2O3/c1-18-9-10-4-3-7-15(8-10)13(17)11-5-2-6-12(16)14-11/h2,5-6,10H,3-4,7-9H2,1H3,(H,14,16). The number of hydrogen-bond acceptors (Lipinski definition) is 3. The quantitative estimate of drug-likeness (QED) is 0.866. The number of H-pyrrole nitrogens is 1. The smallest absolute Gasteiger partial charge is 0.270 e. The Balaban J connectivity index is 2.06. The molecule has 1 saturated heterocycles. The van der Waals surface area contributed by atoms with Gasteiger partial charge < -0.3 is 14.6 Å². The highest BCUT2D eigenvalue weighted by atomic mass is 16.5. The van der Waals surface area contributed by atoms with Crippen molar-refractivity contribution in [3.63, 3.8) is 0 Å². The molecule has 1 unspecified atom stereocenters. The summed E-state index contributed by atoms with van der Waals surface area (Å²) in [4.78, 5) is 27.8. The zero-order valence-corrected chi connectivity index (χ0v) is 10.5. The SMILES string of the molecule is COCC1CCCN(C(=O)c2cccc(=O)[nH]2)C1. The van der Waals surface area contributed by atoms with Crippen LogP contribution in [0.3, 0.4) is 0 Å². The van der Waals surface area contributed by atoms with Gasteiger partial charge in [-0.1, -0.05) is 6.07 Å². The minimum absolute atomic E-state index is 0.103. The normalized spacial score (nSPS) is 19.8. The van der Waals surface area contributed by atoms with Gasteiger partial charge in [0.2, 0.25) is 5.56 Å². The van der Waals surface area contributed by atoms with Crippen LogP contribution in [0.5, 0.6) is 0 Å². The van der Waals surface area contributed by atoms with E-state index in [1.807, 2.05) is 0 Å². The minimum Gasteiger partial charge on any atom is -0.384 e. The monoisotopic (exact) mass is 250 g/mol. The summed E-state index contributed by atoms with van der Waals surface area (Å²) in [6, 6.07) is 4.65. The minimum atomic E-state index is -0.244. The van der Waals surface area contributed by atoms with E-state index < -0.39 is 0 Å². The van der Waals surface area contributed by atoms with Gasteiger partial charge in [-0.3, -0.25) is 9.59 Å². The molecule has 1 aromatic rings. The van der Waals surface area contributed by atoms with Gasteiger partial charge in [-0.2, -0.15) is 0 Å². The lowest BCUT2D eigenvalue weighted by atomic mass is 9.98. The van der Waals surface area contributed by atoms with Crippen LogP contribution < -0.4 is 5.56 Å². The molecule has 0 radical (unpaired) electrons. The molecule has 1 amide bonds. The molecule has 0 bridgehead atoms. The molecule has 0 aromatic carbocycles. The topological polar surface area (TPSA) is 62.4 Å². The van der Waals surface area contributed by atoms with Crippen LogP contribution in [0.1, 0.15) is 23.3 Å². The lowest BCUT2D eigenvalue weighted by molar-refractivity contribution is 0.0565. The van der Waals surface area contributed by atoms with E-state index in [0.717, 1.165) is 19.4 Å². The highest BCUT2D eigenvalue weighted by Crippen LogP contribution is 2.18. The summed E-state index contributed by atoms with van der Waals surface area (Å²) in [7, 11) is 1.68. The molecule has 1 N–H and O–H groups in total. The summed E-state index contributed by atoms with van der Waals surface area (Å²) in [6.45, 7) is 2.12. The van der Waals surface area contributed by atoms with Crippen molar-refractivity contribution < 1.29 is 9.53 Å². The van der Waals surface area contributed by atoms with Crippen molar-refractivity contribution in [1.82, 2.24) is 9.88 Å². The molecule has 0 saturated carbocycles. The Labute approximate surface area is 106 Å². The fraction of sp³-hybridized carbons (Fsp3) is 0.538. The average Bonchev–Trinajstić information content (AvgIpc) is 2.39. The van der Waals surface area contributed by atoms with Crippen LogP contribution in [-0.4, -0.2) is 42.6 Å². The Morgan fingerprint density at radius 1 is 1.56 bits per heavy atom. The molecule has 5 heteroatoms. The lowest BCUT2D eigenvalue weighted by Gasteiger charge is -2.32. The number of amides is 1. The zero-order chi connectivity index (χ0) is 13.0. The van der Waals surface area contributed by atoms with Crippen LogP contribution in [0.4, 0.5) is 0 Å². The summed E-state index contributed by atoms with van der Waals surface area (Å²) >= 11 is 0. The van der Waals surface area contributed by atoms with E-state index in [4.69, 9.17) is 4.74 Å². The molecule has 0 aliphatic carbocycles. The summed E-state index contributed by atoms with van der Waals surface area (Å²) in [5.74, 6) is 0.289. The van der Waals surface area contributed by atoms with Crippen LogP contribution >= 0.6 is 0 Å². The fourth-order valence-electron chi connectivity index (χ4n) is 2.36. The number of piperidine rings is 1. The van der Waals surface area contributed by atoms with Gasteiger partial charge in [-0.15, -0.1) is 0 Å². The van der Waals surface area contributed by atoms with Crippen molar-refractivity contribution >= 4 is 5.91 Å². The number of likely N-dealkylation sites (tertiary alicyclic amines) is 1. The van der Waals surface area contributed by atoms with Crippen LogP contribution in [0.2, 0.25) is 0 Å². The number of methoxy groups -OCH3 is 1. The van der Waals surface area contributed by atoms with Crippen molar-refractivity contribution in [2.75, 3.05) is 26.8 Å². The number of nitrogens with one attached hydrogen (secondary N) is 1. The van der Waals surface area contributed by atoms with Crippen LogP contribution in [-0.2, 0) is 4.74 Å². The van der Waals surface area contributed by atoms with E-state index in [-0.39, 0.29) is 11.5 Å². The van der Waals surface area contributed by atoms with Crippen LogP contribution in [0.25, 0.3) is 0 Å². The summed E-state index contributed by atoms with van der Waals surface area (Å²) in [5, 5.41) is 0. The van der Waals surface area contributed by atoms with Crippen LogP contribution in [0, 0.1) is 5.92 Å². The molecule has 1 aliphatic heterocycles. The van der Waals surface area contributed by atoms with E-state index in [9.17, 15) is 9.59 Å². The third kappa shape index (κ3) is 2.98. The van der Waals surface area contributed by atoms with Crippen LogP contribution in [0.15, 0.2) is 23.0 Å². The van der Waals surface area contributed by atoms with Crippen molar-refractivity contribution in [3.05, 3.63) is 34.2 Å². The van der Waals surface area contributed by atoms with Gasteiger partial charge in [0.25, 0.3) is 5.91 Å². The second-order valence-electron chi connectivity index (χ2n) is 4.64. The van der Waals surface area contributed by atoms with Crippen molar-refractivity contribution in [2.24, 2.45) is 5.92 Å². The molecule has 5 nitrogen and oxygen atoms in total. The van der Waals surface area contributed by atoms with E-state index >= 15 is 0 Å². The second kappa shape index (κ2) is 5.82. The molecule has 1 aliphatic rings. The van der Waals surface area contributed by atoms with Gasteiger partial charge in [-0.25, -0.2) is 0 Å². The summed E-state index contributed by atoms with van der Waals surface area (Å²) in [5.41, 5.74) is 0.117. The first-order valence-corrected chi connectivity index (χ1v) is 6.18. The first-order chi connectivity index (χ1) is 8.70. The lowest BCUT2D eigenvalue weighted by Crippen LogP contribution is -2.41. The van der Waals surface area contributed by atoms with Crippen molar-refractivity contribution in [3.8, 4) is 0 Å². The number of nitrogens with zero attached hydrogens (tertiary/aromatic N) is 1. The van der Waals surface area contributed by atoms with Gasteiger partial charge in [0.05, 0.1) is 6.61 Å². The molecule has 2 rings (SSSR count). The van der Waals surface area contributed by atoms with Gasteiger partial charge in [-0.05, 0) is 24.8 Å². The van der Waals surface area contributed by atoms with Gasteiger partial charge in [0.15, 0.2) is 0 Å². The van der Waals surface area contributed by atoms with Gasteiger partial charge in [0.1, 0.15) is 5.69 Å². The summed E-state index contributed by atoms with van der Waals surface area (Å²) in [6.07, 6.45) is 2.07. The molecule has 2 heterocycles. The third-order valence-corrected chi connectivity index (χ3v) is 3.21. The molecule has 98 valence electrons. The molecule has 1 aromatic heterocycles. The van der Waals surface area contributed by atoms with Gasteiger partial charge in [0, 0.05) is 26.3 Å². The van der Waals surface area contributed by atoms with E-state index in [0.29, 0.717) is 24.8 Å². The fourth-order valence-corrected chi connectivity index (χ4v) is 2.36. The predicted octanol–water partition coefficient (Wildman–Crippen LogP) is 0.873. The second-order valence-corrected chi connectivity index (χ2v) is 4.64. The number of rotatable bonds is 3. The third-order valence-electron chi connectivity index (χ3n) is 3.21. The Morgan fingerprint density at radius 2 is 2.39 bits per heavy atom. The molecular formula is C13H18N2O3. The maximum absolute atomic E-state index is 12.2. The van der Waals surface area contributed by atoms with Gasteiger partial charge >= 0.3 is 0 Å². The van der Waals surface area contributed by atoms with Crippen molar-refractivity contribution in [1.29, 1.82) is 0 Å². The Hall–Kier alpha value is -1.62. The number of ether oxygens (including phenoxy) is 1. The largest absolute Gasteiger partial charge is 0.384 e. The van der Waals surface area contributed by atoms with E-state index in [1.54, 1.807) is 24.1 Å².